The summed E-state index contributed by atoms with van der Waals surface area (Å²) in [5, 5.41) is 2.73. The van der Waals surface area contributed by atoms with Crippen LogP contribution in [0.25, 0.3) is 5.57 Å². The second-order valence-corrected chi connectivity index (χ2v) is 5.49. The molecular formula is C20H21N3O. The van der Waals surface area contributed by atoms with Gasteiger partial charge in [-0.25, -0.2) is 4.99 Å². The van der Waals surface area contributed by atoms with Gasteiger partial charge >= 0.3 is 0 Å². The average molecular weight is 319 g/mol. The van der Waals surface area contributed by atoms with Gasteiger partial charge in [-0.1, -0.05) is 54.6 Å². The fourth-order valence-corrected chi connectivity index (χ4v) is 1.98. The van der Waals surface area contributed by atoms with Crippen LogP contribution >= 0.6 is 0 Å². The Bertz CT molecular complexity index is 787. The first-order chi connectivity index (χ1) is 11.5. The number of amides is 1. The highest BCUT2D eigenvalue weighted by molar-refractivity contribution is 6.23. The maximum atomic E-state index is 12.1. The minimum absolute atomic E-state index is 0.0925. The topological polar surface area (TPSA) is 67.5 Å². The fraction of sp³-hybridized carbons (Fsp3) is 0.100. The average Bonchev–Trinajstić information content (AvgIpc) is 2.60. The molecule has 1 amide bonds. The van der Waals surface area contributed by atoms with Crippen molar-refractivity contribution in [3.05, 3.63) is 84.1 Å². The molecular weight excluding hydrogens is 298 g/mol. The summed E-state index contributed by atoms with van der Waals surface area (Å²) >= 11 is 0. The van der Waals surface area contributed by atoms with E-state index in [2.05, 4.69) is 16.9 Å². The van der Waals surface area contributed by atoms with Crippen molar-refractivity contribution in [1.82, 2.24) is 0 Å². The number of amidine groups is 1. The summed E-state index contributed by atoms with van der Waals surface area (Å²) in [5.74, 6) is -0.279. The van der Waals surface area contributed by atoms with Gasteiger partial charge in [-0.15, -0.1) is 0 Å². The van der Waals surface area contributed by atoms with Crippen LogP contribution in [0.15, 0.2) is 77.9 Å². The summed E-state index contributed by atoms with van der Waals surface area (Å²) in [7, 11) is 0. The van der Waals surface area contributed by atoms with Crippen molar-refractivity contribution in [2.24, 2.45) is 10.7 Å². The van der Waals surface area contributed by atoms with E-state index in [0.29, 0.717) is 5.69 Å². The van der Waals surface area contributed by atoms with Crippen LogP contribution in [0.3, 0.4) is 0 Å². The third-order valence-corrected chi connectivity index (χ3v) is 3.52. The van der Waals surface area contributed by atoms with Crippen LogP contribution in [0, 0.1) is 6.92 Å². The van der Waals surface area contributed by atoms with Gasteiger partial charge in [-0.2, -0.15) is 0 Å². The predicted octanol–water partition coefficient (Wildman–Crippen LogP) is 3.91. The lowest BCUT2D eigenvalue weighted by molar-refractivity contribution is -0.112. The van der Waals surface area contributed by atoms with Gasteiger partial charge in [0.05, 0.1) is 5.57 Å². The number of nitrogens with zero attached hydrogens (tertiary/aromatic N) is 1. The van der Waals surface area contributed by atoms with Gasteiger partial charge in [0.1, 0.15) is 5.84 Å². The van der Waals surface area contributed by atoms with E-state index in [9.17, 15) is 4.79 Å². The van der Waals surface area contributed by atoms with Gasteiger partial charge in [0.2, 0.25) is 0 Å². The highest BCUT2D eigenvalue weighted by atomic mass is 16.1. The number of nitrogens with one attached hydrogen (secondary N) is 1. The lowest BCUT2D eigenvalue weighted by Crippen LogP contribution is -2.25. The van der Waals surface area contributed by atoms with Crippen molar-refractivity contribution >= 4 is 23.0 Å². The van der Waals surface area contributed by atoms with Gasteiger partial charge in [0.25, 0.3) is 5.91 Å². The Morgan fingerprint density at radius 1 is 1.12 bits per heavy atom. The molecule has 4 heteroatoms. The number of nitrogens with two attached hydrogens (primary N) is 1. The van der Waals surface area contributed by atoms with Crippen molar-refractivity contribution in [3.8, 4) is 0 Å². The van der Waals surface area contributed by atoms with Gasteiger partial charge in [-0.05, 0) is 37.1 Å². The molecule has 0 atom stereocenters. The molecule has 0 bridgehead atoms. The molecule has 0 aliphatic carbocycles. The number of aryl methyl sites for hydroxylation is 1. The number of benzene rings is 2. The van der Waals surface area contributed by atoms with Gasteiger partial charge in [0.15, 0.2) is 0 Å². The summed E-state index contributed by atoms with van der Waals surface area (Å²) in [5.41, 5.74) is 9.88. The molecule has 2 aromatic carbocycles. The minimum atomic E-state index is -0.371. The van der Waals surface area contributed by atoms with Crippen LogP contribution in [0.2, 0.25) is 0 Å². The number of rotatable bonds is 5. The number of anilines is 1. The Morgan fingerprint density at radius 2 is 1.75 bits per heavy atom. The van der Waals surface area contributed by atoms with Gasteiger partial charge < -0.3 is 11.1 Å². The number of allylic oxidation sites excluding steroid dienone is 1. The smallest absolute Gasteiger partial charge is 0.258 e. The molecule has 2 rings (SSSR count). The molecule has 0 spiro atoms. The van der Waals surface area contributed by atoms with Crippen LogP contribution in [-0.4, -0.2) is 11.7 Å². The lowest BCUT2D eigenvalue weighted by atomic mass is 10.1. The minimum Gasteiger partial charge on any atom is -0.383 e. The number of hydrogen-bond donors (Lipinski definition) is 2. The molecule has 0 radical (unpaired) electrons. The molecule has 0 fully saturated rings. The molecule has 2 aromatic rings. The first kappa shape index (κ1) is 17.2. The Kier molecular flexibility index (Phi) is 5.68. The number of hydrogen-bond acceptors (Lipinski definition) is 2. The molecule has 0 aliphatic rings. The summed E-state index contributed by atoms with van der Waals surface area (Å²) in [6.07, 6.45) is 1.64. The molecule has 24 heavy (non-hydrogen) atoms. The third kappa shape index (κ3) is 4.68. The second kappa shape index (κ2) is 7.92. The molecule has 0 saturated carbocycles. The first-order valence-electron chi connectivity index (χ1n) is 7.60. The monoisotopic (exact) mass is 319 g/mol. The van der Waals surface area contributed by atoms with E-state index in [1.165, 1.54) is 5.56 Å². The Labute approximate surface area is 142 Å². The lowest BCUT2D eigenvalue weighted by Gasteiger charge is -2.07. The zero-order valence-corrected chi connectivity index (χ0v) is 13.9. The van der Waals surface area contributed by atoms with Crippen LogP contribution in [0.1, 0.15) is 18.1 Å². The maximum Gasteiger partial charge on any atom is 0.258 e. The highest BCUT2D eigenvalue weighted by Gasteiger charge is 2.10. The van der Waals surface area contributed by atoms with E-state index < -0.39 is 0 Å². The maximum absolute atomic E-state index is 12.1. The zero-order valence-electron chi connectivity index (χ0n) is 13.9. The van der Waals surface area contributed by atoms with E-state index in [1.807, 2.05) is 56.3 Å². The van der Waals surface area contributed by atoms with E-state index in [-0.39, 0.29) is 17.3 Å². The van der Waals surface area contributed by atoms with Gasteiger partial charge in [0, 0.05) is 11.9 Å². The normalized spacial score (nSPS) is 11.9. The summed E-state index contributed by atoms with van der Waals surface area (Å²) in [4.78, 5) is 16.3. The predicted molar refractivity (Wildman–Crippen MR) is 101 cm³/mol. The summed E-state index contributed by atoms with van der Waals surface area (Å²) < 4.78 is 0. The second-order valence-electron chi connectivity index (χ2n) is 5.49. The molecule has 0 unspecified atom stereocenters. The molecule has 0 aliphatic heterocycles. The quantitative estimate of drug-likeness (QED) is 0.498. The van der Waals surface area contributed by atoms with E-state index in [1.54, 1.807) is 18.3 Å². The van der Waals surface area contributed by atoms with E-state index >= 15 is 0 Å². The van der Waals surface area contributed by atoms with E-state index in [4.69, 9.17) is 5.73 Å². The highest BCUT2D eigenvalue weighted by Crippen LogP contribution is 2.14. The Hall–Kier alpha value is -3.14. The summed E-state index contributed by atoms with van der Waals surface area (Å²) in [6.45, 7) is 7.69. The van der Waals surface area contributed by atoms with Crippen LogP contribution in [0.4, 0.5) is 5.69 Å². The van der Waals surface area contributed by atoms with Crippen molar-refractivity contribution in [2.45, 2.75) is 13.8 Å². The Morgan fingerprint density at radius 3 is 2.38 bits per heavy atom. The van der Waals surface area contributed by atoms with Crippen LogP contribution in [0.5, 0.6) is 0 Å². The van der Waals surface area contributed by atoms with Crippen molar-refractivity contribution in [2.75, 3.05) is 5.32 Å². The molecule has 122 valence electrons. The van der Waals surface area contributed by atoms with Crippen molar-refractivity contribution < 1.29 is 4.79 Å². The molecule has 0 saturated heterocycles. The first-order valence-corrected chi connectivity index (χ1v) is 7.60. The molecule has 0 aromatic heterocycles. The van der Waals surface area contributed by atoms with Crippen LogP contribution < -0.4 is 11.1 Å². The van der Waals surface area contributed by atoms with Crippen molar-refractivity contribution in [1.29, 1.82) is 0 Å². The van der Waals surface area contributed by atoms with Crippen molar-refractivity contribution in [3.63, 3.8) is 0 Å². The Balaban J connectivity index is 2.06. The molecule has 4 nitrogen and oxygen atoms in total. The SMILES string of the molecule is C=C(C(=O)Nc1ccccc1)C(N)=N/C=C(\C)c1ccc(C)cc1. The molecule has 3 N–H and O–H groups in total. The van der Waals surface area contributed by atoms with E-state index in [0.717, 1.165) is 11.1 Å². The molecule has 0 heterocycles. The number of aliphatic imine (C=N–C) groups is 1. The number of carbonyl (C=O) groups is 1. The van der Waals surface area contributed by atoms with Gasteiger partial charge in [-0.3, -0.25) is 4.79 Å². The number of para-hydroxylation sites is 1. The fourth-order valence-electron chi connectivity index (χ4n) is 1.98. The number of carbonyl (C=O) groups excluding carboxylic acids is 1. The largest absolute Gasteiger partial charge is 0.383 e. The third-order valence-electron chi connectivity index (χ3n) is 3.52. The standard InChI is InChI=1S/C20H21N3O/c1-14-9-11-17(12-10-14)15(2)13-22-19(21)16(3)20(24)23-18-7-5-4-6-8-18/h4-13H,3H2,1-2H3,(H2,21,22)(H,23,24)/b15-13+. The van der Waals surface area contributed by atoms with Crippen LogP contribution in [-0.2, 0) is 4.79 Å². The summed E-state index contributed by atoms with van der Waals surface area (Å²) in [6, 6.07) is 17.2. The zero-order chi connectivity index (χ0) is 17.5.